The van der Waals surface area contributed by atoms with Crippen LogP contribution in [0, 0.1) is 0 Å². The van der Waals surface area contributed by atoms with E-state index >= 15 is 0 Å². The quantitative estimate of drug-likeness (QED) is 0.456. The van der Waals surface area contributed by atoms with Gasteiger partial charge < -0.3 is 19.9 Å². The first kappa shape index (κ1) is 20.2. The first-order chi connectivity index (χ1) is 15.2. The number of amides is 1. The van der Waals surface area contributed by atoms with Crippen LogP contribution in [0.5, 0.6) is 5.75 Å². The summed E-state index contributed by atoms with van der Waals surface area (Å²) >= 11 is 0. The summed E-state index contributed by atoms with van der Waals surface area (Å²) in [6.45, 7) is 1.19. The number of anilines is 2. The number of carbonyl (C=O) groups is 1. The van der Waals surface area contributed by atoms with Crippen LogP contribution in [0.25, 0.3) is 0 Å². The molecule has 7 heteroatoms. The molecule has 0 aliphatic heterocycles. The Morgan fingerprint density at radius 1 is 1.00 bits per heavy atom. The van der Waals surface area contributed by atoms with Crippen LogP contribution in [-0.2, 0) is 13.1 Å². The number of rotatable bonds is 8. The Balaban J connectivity index is 1.41. The molecule has 0 aliphatic rings. The molecule has 2 aromatic heterocycles. The molecule has 4 rings (SSSR count). The summed E-state index contributed by atoms with van der Waals surface area (Å²) in [6, 6.07) is 19.1. The molecule has 0 fully saturated rings. The minimum Gasteiger partial charge on any atom is -0.495 e. The number of benzene rings is 2. The lowest BCUT2D eigenvalue weighted by molar-refractivity contribution is 0.0951. The average Bonchev–Trinajstić information content (AvgIpc) is 3.32. The van der Waals surface area contributed by atoms with E-state index in [-0.39, 0.29) is 5.91 Å². The van der Waals surface area contributed by atoms with Gasteiger partial charge in [0.1, 0.15) is 11.6 Å². The third kappa shape index (κ3) is 5.08. The van der Waals surface area contributed by atoms with Crippen molar-refractivity contribution in [2.75, 3.05) is 12.4 Å². The fourth-order valence-corrected chi connectivity index (χ4v) is 3.19. The number of ether oxygens (including phenoxy) is 1. The summed E-state index contributed by atoms with van der Waals surface area (Å²) in [6.07, 6.45) is 7.13. The Morgan fingerprint density at radius 3 is 2.58 bits per heavy atom. The van der Waals surface area contributed by atoms with Crippen LogP contribution in [0.1, 0.15) is 21.5 Å². The zero-order valence-electron chi connectivity index (χ0n) is 17.2. The molecule has 31 heavy (non-hydrogen) atoms. The number of imidazole rings is 1. The van der Waals surface area contributed by atoms with E-state index in [1.54, 1.807) is 38.0 Å². The van der Waals surface area contributed by atoms with Gasteiger partial charge in [0.05, 0.1) is 24.7 Å². The zero-order chi connectivity index (χ0) is 21.5. The Hall–Kier alpha value is -4.13. The van der Waals surface area contributed by atoms with E-state index in [1.807, 2.05) is 47.2 Å². The highest BCUT2D eigenvalue weighted by molar-refractivity contribution is 5.99. The fraction of sp³-hybridized carbons (Fsp3) is 0.125. The number of nitrogens with zero attached hydrogens (tertiary/aromatic N) is 3. The lowest BCUT2D eigenvalue weighted by Gasteiger charge is -2.13. The molecule has 0 saturated carbocycles. The standard InChI is InChI=1S/C24H23N5O2/c1-31-22-7-3-2-6-21(22)28-23-20(5-4-12-26-23)24(30)27-15-18-8-10-19(11-9-18)16-29-14-13-25-17-29/h2-14,17H,15-16H2,1H3,(H,26,28)(H,27,30). The van der Waals surface area contributed by atoms with Gasteiger partial charge in [-0.25, -0.2) is 9.97 Å². The Kier molecular flexibility index (Phi) is 6.23. The number of methoxy groups -OCH3 is 1. The van der Waals surface area contributed by atoms with Crippen molar-refractivity contribution in [2.24, 2.45) is 0 Å². The second kappa shape index (κ2) is 9.58. The van der Waals surface area contributed by atoms with Crippen molar-refractivity contribution in [2.45, 2.75) is 13.1 Å². The Morgan fingerprint density at radius 2 is 1.81 bits per heavy atom. The number of hydrogen-bond donors (Lipinski definition) is 2. The average molecular weight is 413 g/mol. The van der Waals surface area contributed by atoms with Gasteiger partial charge in [-0.05, 0) is 35.4 Å². The molecule has 156 valence electrons. The molecule has 0 atom stereocenters. The number of aromatic nitrogens is 3. The normalized spacial score (nSPS) is 10.5. The van der Waals surface area contributed by atoms with E-state index in [1.165, 1.54) is 5.56 Å². The van der Waals surface area contributed by atoms with Gasteiger partial charge in [-0.15, -0.1) is 0 Å². The zero-order valence-corrected chi connectivity index (χ0v) is 17.2. The molecule has 0 unspecified atom stereocenters. The maximum atomic E-state index is 12.8. The van der Waals surface area contributed by atoms with Crippen molar-refractivity contribution < 1.29 is 9.53 Å². The molecule has 1 amide bonds. The van der Waals surface area contributed by atoms with Crippen LogP contribution in [0.15, 0.2) is 85.6 Å². The lowest BCUT2D eigenvalue weighted by atomic mass is 10.1. The minimum absolute atomic E-state index is 0.201. The van der Waals surface area contributed by atoms with Crippen LogP contribution in [0.2, 0.25) is 0 Å². The monoisotopic (exact) mass is 413 g/mol. The third-order valence-electron chi connectivity index (χ3n) is 4.81. The molecule has 0 radical (unpaired) electrons. The first-order valence-corrected chi connectivity index (χ1v) is 9.90. The highest BCUT2D eigenvalue weighted by atomic mass is 16.5. The second-order valence-corrected chi connectivity index (χ2v) is 6.96. The predicted octanol–water partition coefficient (Wildman–Crippen LogP) is 4.01. The van der Waals surface area contributed by atoms with Crippen LogP contribution in [-0.4, -0.2) is 27.6 Å². The summed E-state index contributed by atoms with van der Waals surface area (Å²) in [7, 11) is 1.60. The number of hydrogen-bond acceptors (Lipinski definition) is 5. The number of pyridine rings is 1. The Labute approximate surface area is 180 Å². The van der Waals surface area contributed by atoms with Crippen molar-refractivity contribution in [1.29, 1.82) is 0 Å². The van der Waals surface area contributed by atoms with E-state index in [2.05, 4.69) is 32.7 Å². The highest BCUT2D eigenvalue weighted by Crippen LogP contribution is 2.27. The summed E-state index contributed by atoms with van der Waals surface area (Å²) in [5.74, 6) is 0.948. The summed E-state index contributed by atoms with van der Waals surface area (Å²) < 4.78 is 7.38. The highest BCUT2D eigenvalue weighted by Gasteiger charge is 2.13. The van der Waals surface area contributed by atoms with Crippen LogP contribution >= 0.6 is 0 Å². The topological polar surface area (TPSA) is 81.1 Å². The van der Waals surface area contributed by atoms with Crippen molar-refractivity contribution in [3.63, 3.8) is 0 Å². The van der Waals surface area contributed by atoms with Crippen LogP contribution in [0.4, 0.5) is 11.5 Å². The molecule has 2 N–H and O–H groups in total. The summed E-state index contributed by atoms with van der Waals surface area (Å²) in [5.41, 5.74) is 3.39. The van der Waals surface area contributed by atoms with Gasteiger partial charge in [0.25, 0.3) is 5.91 Å². The van der Waals surface area contributed by atoms with Crippen LogP contribution in [0.3, 0.4) is 0 Å². The maximum absolute atomic E-state index is 12.8. The van der Waals surface area contributed by atoms with Gasteiger partial charge in [-0.1, -0.05) is 36.4 Å². The lowest BCUT2D eigenvalue weighted by Crippen LogP contribution is -2.24. The predicted molar refractivity (Wildman–Crippen MR) is 119 cm³/mol. The minimum atomic E-state index is -0.201. The summed E-state index contributed by atoms with van der Waals surface area (Å²) in [4.78, 5) is 21.2. The third-order valence-corrected chi connectivity index (χ3v) is 4.81. The largest absolute Gasteiger partial charge is 0.495 e. The van der Waals surface area contributed by atoms with Gasteiger partial charge in [0, 0.05) is 31.7 Å². The van der Waals surface area contributed by atoms with Crippen molar-refractivity contribution in [3.05, 3.63) is 102 Å². The molecule has 2 aromatic carbocycles. The molecule has 0 saturated heterocycles. The van der Waals surface area contributed by atoms with E-state index in [4.69, 9.17) is 4.74 Å². The molecule has 2 heterocycles. The van der Waals surface area contributed by atoms with Gasteiger partial charge in [0.2, 0.25) is 0 Å². The molecular formula is C24H23N5O2. The SMILES string of the molecule is COc1ccccc1Nc1ncccc1C(=O)NCc1ccc(Cn2ccnc2)cc1. The van der Waals surface area contributed by atoms with Gasteiger partial charge >= 0.3 is 0 Å². The molecule has 4 aromatic rings. The molecule has 7 nitrogen and oxygen atoms in total. The molecular weight excluding hydrogens is 390 g/mol. The first-order valence-electron chi connectivity index (χ1n) is 9.90. The van der Waals surface area contributed by atoms with Crippen molar-refractivity contribution in [3.8, 4) is 5.75 Å². The molecule has 0 aliphatic carbocycles. The smallest absolute Gasteiger partial charge is 0.255 e. The Bertz CT molecular complexity index is 1140. The van der Waals surface area contributed by atoms with E-state index in [0.29, 0.717) is 23.7 Å². The second-order valence-electron chi connectivity index (χ2n) is 6.96. The van der Waals surface area contributed by atoms with E-state index in [9.17, 15) is 4.79 Å². The van der Waals surface area contributed by atoms with Gasteiger partial charge in [0.15, 0.2) is 0 Å². The number of para-hydroxylation sites is 2. The maximum Gasteiger partial charge on any atom is 0.255 e. The fourth-order valence-electron chi connectivity index (χ4n) is 3.19. The van der Waals surface area contributed by atoms with Gasteiger partial charge in [-0.2, -0.15) is 0 Å². The number of carbonyl (C=O) groups excluding carboxylic acids is 1. The van der Waals surface area contributed by atoms with Crippen molar-refractivity contribution in [1.82, 2.24) is 19.9 Å². The summed E-state index contributed by atoms with van der Waals surface area (Å²) in [5, 5.41) is 6.16. The molecule has 0 spiro atoms. The van der Waals surface area contributed by atoms with E-state index < -0.39 is 0 Å². The van der Waals surface area contributed by atoms with E-state index in [0.717, 1.165) is 17.8 Å². The van der Waals surface area contributed by atoms with Crippen molar-refractivity contribution >= 4 is 17.4 Å². The molecule has 0 bridgehead atoms. The van der Waals surface area contributed by atoms with Gasteiger partial charge in [-0.3, -0.25) is 4.79 Å². The van der Waals surface area contributed by atoms with Crippen LogP contribution < -0.4 is 15.4 Å². The number of nitrogens with one attached hydrogen (secondary N) is 2.